The number of ether oxygens (including phenoxy) is 3. The molecule has 4 atom stereocenters. The minimum atomic E-state index is -1.44. The number of rotatable bonds is 7. The fraction of sp³-hybridized carbons (Fsp3) is 0.571. The second-order valence-corrected chi connectivity index (χ2v) is 8.15. The van der Waals surface area contributed by atoms with Gasteiger partial charge in [-0.2, -0.15) is 0 Å². The van der Waals surface area contributed by atoms with E-state index in [2.05, 4.69) is 32.1 Å². The number of nitrogens with zero attached hydrogens (tertiary/aromatic N) is 5. The summed E-state index contributed by atoms with van der Waals surface area (Å²) >= 11 is 0. The van der Waals surface area contributed by atoms with Crippen LogP contribution in [0.15, 0.2) is 6.33 Å². The van der Waals surface area contributed by atoms with Crippen molar-refractivity contribution >= 4 is 29.0 Å². The molecular weight excluding hydrogens is 462 g/mol. The zero-order chi connectivity index (χ0) is 25.1. The summed E-state index contributed by atoms with van der Waals surface area (Å²) < 4.78 is 16.8. The number of hydrogen-bond donors (Lipinski definition) is 4. The molecule has 1 aliphatic heterocycles. The van der Waals surface area contributed by atoms with Crippen molar-refractivity contribution < 1.29 is 34.0 Å². The number of carbonyl (C=O) groups is 2. The van der Waals surface area contributed by atoms with Crippen molar-refractivity contribution in [3.63, 3.8) is 0 Å². The lowest BCUT2D eigenvalue weighted by Crippen LogP contribution is -2.43. The maximum Gasteiger partial charge on any atom is 0.410 e. The quantitative estimate of drug-likeness (QED) is 0.327. The number of nitrogens with two attached hydrogens (primary N) is 1. The highest BCUT2D eigenvalue weighted by Gasteiger charge is 2.48. The first-order valence-corrected chi connectivity index (χ1v) is 11.0. The predicted octanol–water partition coefficient (Wildman–Crippen LogP) is -1.63. The summed E-state index contributed by atoms with van der Waals surface area (Å²) in [6.45, 7) is 0.618. The maximum atomic E-state index is 12.4. The van der Waals surface area contributed by atoms with E-state index >= 15 is 0 Å². The lowest BCUT2D eigenvalue weighted by atomic mass is 10.1. The van der Waals surface area contributed by atoms with E-state index < -0.39 is 36.5 Å². The second-order valence-electron chi connectivity index (χ2n) is 8.15. The normalized spacial score (nSPS) is 23.5. The molecule has 2 fully saturated rings. The second kappa shape index (κ2) is 10.4. The summed E-state index contributed by atoms with van der Waals surface area (Å²) in [6, 6.07) is 0.0712. The molecule has 4 rings (SSSR count). The highest BCUT2D eigenvalue weighted by Crippen LogP contribution is 2.33. The number of nitrogen functional groups attached to an aromatic ring is 1. The minimum absolute atomic E-state index is 0.0328. The Morgan fingerprint density at radius 2 is 2.09 bits per heavy atom. The van der Waals surface area contributed by atoms with Crippen molar-refractivity contribution in [1.29, 1.82) is 0 Å². The van der Waals surface area contributed by atoms with Crippen LogP contribution in [0.1, 0.15) is 24.9 Å². The summed E-state index contributed by atoms with van der Waals surface area (Å²) in [4.78, 5) is 38.3. The lowest BCUT2D eigenvalue weighted by molar-refractivity contribution is -0.137. The minimum Gasteiger partial charge on any atom is -0.453 e. The number of imidazole rings is 1. The third-order valence-electron chi connectivity index (χ3n) is 5.61. The van der Waals surface area contributed by atoms with Crippen LogP contribution < -0.4 is 11.1 Å². The fourth-order valence-corrected chi connectivity index (χ4v) is 3.58. The van der Waals surface area contributed by atoms with E-state index in [4.69, 9.17) is 19.9 Å². The van der Waals surface area contributed by atoms with E-state index in [0.717, 1.165) is 12.8 Å². The van der Waals surface area contributed by atoms with Gasteiger partial charge in [0.2, 0.25) is 5.82 Å². The summed E-state index contributed by atoms with van der Waals surface area (Å²) in [6.07, 6.45) is -2.72. The van der Waals surface area contributed by atoms with Gasteiger partial charge in [-0.1, -0.05) is 5.92 Å². The summed E-state index contributed by atoms with van der Waals surface area (Å²) in [5, 5.41) is 23.7. The molecule has 5 N–H and O–H groups in total. The van der Waals surface area contributed by atoms with Gasteiger partial charge in [0.25, 0.3) is 5.91 Å². The molecule has 2 aromatic rings. The van der Waals surface area contributed by atoms with Gasteiger partial charge in [0.05, 0.1) is 26.6 Å². The summed E-state index contributed by atoms with van der Waals surface area (Å²) in [5.74, 6) is 5.14. The van der Waals surface area contributed by atoms with Crippen LogP contribution in [0.2, 0.25) is 0 Å². The van der Waals surface area contributed by atoms with Crippen LogP contribution in [-0.2, 0) is 19.0 Å². The van der Waals surface area contributed by atoms with Crippen LogP contribution in [0, 0.1) is 11.8 Å². The highest BCUT2D eigenvalue weighted by molar-refractivity contribution is 5.83. The highest BCUT2D eigenvalue weighted by atomic mass is 16.6. The van der Waals surface area contributed by atoms with Crippen molar-refractivity contribution in [2.45, 2.75) is 43.4 Å². The Hall–Kier alpha value is -3.51. The van der Waals surface area contributed by atoms with Gasteiger partial charge in [-0.15, -0.1) is 0 Å². The van der Waals surface area contributed by atoms with Gasteiger partial charge in [-0.3, -0.25) is 14.3 Å². The van der Waals surface area contributed by atoms with E-state index in [0.29, 0.717) is 6.61 Å². The largest absolute Gasteiger partial charge is 0.453 e. The summed E-state index contributed by atoms with van der Waals surface area (Å²) in [5.41, 5.74) is 6.46. The van der Waals surface area contributed by atoms with Crippen LogP contribution in [-0.4, -0.2) is 105 Å². The number of nitrogens with one attached hydrogen (secondary N) is 1. The Kier molecular flexibility index (Phi) is 7.31. The number of aromatic nitrogens is 4. The third-order valence-corrected chi connectivity index (χ3v) is 5.61. The number of fused-ring (bicyclic) bond motifs is 1. The Balaban J connectivity index is 1.56. The van der Waals surface area contributed by atoms with Gasteiger partial charge in [-0.05, 0) is 18.8 Å². The molecule has 14 nitrogen and oxygen atoms in total. The Morgan fingerprint density at radius 3 is 2.77 bits per heavy atom. The molecular formula is C21H27N7O7. The fourth-order valence-electron chi connectivity index (χ4n) is 3.58. The number of aliphatic hydroxyl groups is 2. The number of amides is 2. The van der Waals surface area contributed by atoms with Gasteiger partial charge in [0.1, 0.15) is 17.7 Å². The number of hydrogen-bond acceptors (Lipinski definition) is 11. The van der Waals surface area contributed by atoms with Crippen LogP contribution in [0.4, 0.5) is 10.6 Å². The summed E-state index contributed by atoms with van der Waals surface area (Å²) in [7, 11) is 2.78. The van der Waals surface area contributed by atoms with Crippen molar-refractivity contribution in [1.82, 2.24) is 29.7 Å². The van der Waals surface area contributed by atoms with Crippen LogP contribution in [0.3, 0.4) is 0 Å². The Labute approximate surface area is 200 Å². The van der Waals surface area contributed by atoms with E-state index in [-0.39, 0.29) is 41.9 Å². The molecule has 2 amide bonds. The van der Waals surface area contributed by atoms with E-state index in [1.54, 1.807) is 0 Å². The van der Waals surface area contributed by atoms with Crippen molar-refractivity contribution in [2.75, 3.05) is 39.6 Å². The molecule has 2 aromatic heterocycles. The van der Waals surface area contributed by atoms with Crippen LogP contribution >= 0.6 is 0 Å². The lowest BCUT2D eigenvalue weighted by Gasteiger charge is -2.17. The standard InChI is InChI=1S/C21H27N7O7/c1-33-9-8-27(21(32)34-2)7-3-4-12-25-17(22)13-18(26-12)28(10-23-13)20-15(30)14(29)16(35-20)19(31)24-11-5-6-11/h10-11,14-16,20,29-30H,5-9H2,1-2H3,(H,24,31)(H2,22,25,26)/t14-,15+,16+,20-/m1/s1. The van der Waals surface area contributed by atoms with Gasteiger partial charge in [0, 0.05) is 19.7 Å². The smallest absolute Gasteiger partial charge is 0.410 e. The zero-order valence-corrected chi connectivity index (χ0v) is 19.2. The molecule has 0 unspecified atom stereocenters. The molecule has 3 heterocycles. The zero-order valence-electron chi connectivity index (χ0n) is 19.2. The van der Waals surface area contributed by atoms with Gasteiger partial charge in [-0.25, -0.2) is 19.7 Å². The molecule has 2 aliphatic rings. The van der Waals surface area contributed by atoms with Gasteiger partial charge in [0.15, 0.2) is 23.8 Å². The molecule has 1 saturated carbocycles. The average molecular weight is 489 g/mol. The molecule has 35 heavy (non-hydrogen) atoms. The van der Waals surface area contributed by atoms with Gasteiger partial charge < -0.3 is 35.5 Å². The van der Waals surface area contributed by atoms with E-state index in [9.17, 15) is 19.8 Å². The predicted molar refractivity (Wildman–Crippen MR) is 120 cm³/mol. The first kappa shape index (κ1) is 24.6. The number of aliphatic hydroxyl groups excluding tert-OH is 2. The van der Waals surface area contributed by atoms with Crippen molar-refractivity contribution in [3.8, 4) is 11.8 Å². The molecule has 0 radical (unpaired) electrons. The average Bonchev–Trinajstić information content (AvgIpc) is 3.48. The maximum absolute atomic E-state index is 12.4. The SMILES string of the molecule is COCCN(CC#Cc1nc(N)c2ncn([C@@H]3O[C@H](C(=O)NC4CC4)[C@H](O)[C@@H]3O)c2n1)C(=O)OC. The topological polar surface area (TPSA) is 187 Å². The van der Waals surface area contributed by atoms with Crippen LogP contribution in [0.5, 0.6) is 0 Å². The Bertz CT molecular complexity index is 1160. The molecule has 1 aliphatic carbocycles. The molecule has 14 heteroatoms. The molecule has 1 saturated heterocycles. The number of methoxy groups -OCH3 is 2. The van der Waals surface area contributed by atoms with E-state index in [1.165, 1.54) is 30.0 Å². The monoisotopic (exact) mass is 489 g/mol. The molecule has 0 bridgehead atoms. The third kappa shape index (κ3) is 5.28. The van der Waals surface area contributed by atoms with Crippen molar-refractivity contribution in [2.24, 2.45) is 0 Å². The molecule has 188 valence electrons. The first-order valence-electron chi connectivity index (χ1n) is 11.0. The van der Waals surface area contributed by atoms with Gasteiger partial charge >= 0.3 is 6.09 Å². The number of anilines is 1. The molecule has 0 aromatic carbocycles. The first-order chi connectivity index (χ1) is 16.8. The Morgan fingerprint density at radius 1 is 1.31 bits per heavy atom. The number of carbonyl (C=O) groups excluding carboxylic acids is 2. The van der Waals surface area contributed by atoms with Crippen LogP contribution in [0.25, 0.3) is 11.2 Å². The van der Waals surface area contributed by atoms with E-state index in [1.807, 2.05) is 0 Å². The van der Waals surface area contributed by atoms with Crippen molar-refractivity contribution in [3.05, 3.63) is 12.2 Å². The molecule has 0 spiro atoms.